The van der Waals surface area contributed by atoms with Gasteiger partial charge in [0.2, 0.25) is 0 Å². The molecule has 0 aliphatic heterocycles. The Kier molecular flexibility index (Phi) is 4.34. The maximum Gasteiger partial charge on any atom is 0.416 e. The average Bonchev–Trinajstić information content (AvgIpc) is 2.90. The number of nitrogens with zero attached hydrogens (tertiary/aromatic N) is 3. The smallest absolute Gasteiger partial charge is 0.368 e. The second-order valence-corrected chi connectivity index (χ2v) is 7.72. The Bertz CT molecular complexity index is 816. The van der Waals surface area contributed by atoms with Crippen molar-refractivity contribution >= 4 is 10.2 Å². The molecule has 0 bridgehead atoms. The van der Waals surface area contributed by atoms with Gasteiger partial charge in [0.25, 0.3) is 0 Å². The Morgan fingerprint density at radius 2 is 1.65 bits per heavy atom. The standard InChI is InChI=1S/C12H11F8N3O2S/c13-12(14,15)8-3-7(4-9(5-8)26(16,17,18,19)20)11-21-6-23(22-11)2-1-10(24)25/h3-6,10,24-25H,1-2H2. The fraction of sp³-hybridized carbons (Fsp3) is 0.333. The van der Waals surface area contributed by atoms with Crippen LogP contribution in [0.25, 0.3) is 11.4 Å². The fourth-order valence-corrected chi connectivity index (χ4v) is 2.60. The van der Waals surface area contributed by atoms with Gasteiger partial charge in [-0.25, -0.2) is 4.98 Å². The highest BCUT2D eigenvalue weighted by molar-refractivity contribution is 8.45. The van der Waals surface area contributed by atoms with Gasteiger partial charge in [-0.1, -0.05) is 19.4 Å². The SMILES string of the molecule is OC(O)CCn1cnc(-c2cc(C(F)(F)F)cc(S(F)(F)(F)(F)F)c2)n1. The lowest BCUT2D eigenvalue weighted by molar-refractivity contribution is -0.137. The number of benzene rings is 1. The molecule has 5 nitrogen and oxygen atoms in total. The monoisotopic (exact) mass is 413 g/mol. The lowest BCUT2D eigenvalue weighted by Crippen LogP contribution is -2.11. The van der Waals surface area contributed by atoms with Crippen LogP contribution in [0.1, 0.15) is 12.0 Å². The fourth-order valence-electron chi connectivity index (χ4n) is 1.90. The summed E-state index contributed by atoms with van der Waals surface area (Å²) in [7, 11) is -10.4. The Morgan fingerprint density at radius 1 is 1.04 bits per heavy atom. The highest BCUT2D eigenvalue weighted by Crippen LogP contribution is 3.02. The molecule has 1 aromatic carbocycles. The number of alkyl halides is 3. The lowest BCUT2D eigenvalue weighted by atomic mass is 10.1. The van der Waals surface area contributed by atoms with E-state index in [1.54, 1.807) is 0 Å². The summed E-state index contributed by atoms with van der Waals surface area (Å²) in [6.07, 6.45) is -6.38. The van der Waals surface area contributed by atoms with E-state index in [-0.39, 0.29) is 25.1 Å². The van der Waals surface area contributed by atoms with E-state index in [2.05, 4.69) is 10.1 Å². The number of halogens is 8. The van der Waals surface area contributed by atoms with Gasteiger partial charge in [0.1, 0.15) is 11.2 Å². The van der Waals surface area contributed by atoms with Crippen LogP contribution in [-0.4, -0.2) is 31.3 Å². The van der Waals surface area contributed by atoms with E-state index < -0.39 is 50.6 Å². The second kappa shape index (κ2) is 5.53. The van der Waals surface area contributed by atoms with E-state index in [0.29, 0.717) is 0 Å². The van der Waals surface area contributed by atoms with E-state index in [1.807, 2.05) is 0 Å². The summed E-state index contributed by atoms with van der Waals surface area (Å²) in [4.78, 5) is 0.767. The Labute approximate surface area is 140 Å². The summed E-state index contributed by atoms with van der Waals surface area (Å²) in [5, 5.41) is 21.0. The molecule has 26 heavy (non-hydrogen) atoms. The van der Waals surface area contributed by atoms with Gasteiger partial charge in [-0.15, -0.1) is 0 Å². The lowest BCUT2D eigenvalue weighted by Gasteiger charge is -2.40. The van der Waals surface area contributed by atoms with Gasteiger partial charge in [0, 0.05) is 18.5 Å². The van der Waals surface area contributed by atoms with Crippen LogP contribution < -0.4 is 0 Å². The molecule has 0 amide bonds. The third-order valence-electron chi connectivity index (χ3n) is 3.09. The largest absolute Gasteiger partial charge is 0.416 e. The van der Waals surface area contributed by atoms with Crippen molar-refractivity contribution in [2.75, 3.05) is 0 Å². The summed E-state index contributed by atoms with van der Waals surface area (Å²) < 4.78 is 104. The summed E-state index contributed by atoms with van der Waals surface area (Å²) in [6, 6.07) is -0.602. The summed E-state index contributed by atoms with van der Waals surface area (Å²) in [5.74, 6) is -0.661. The number of aliphatic hydroxyl groups is 2. The van der Waals surface area contributed by atoms with Crippen molar-refractivity contribution in [1.82, 2.24) is 14.8 Å². The van der Waals surface area contributed by atoms with Crippen molar-refractivity contribution in [3.05, 3.63) is 30.1 Å². The van der Waals surface area contributed by atoms with Crippen molar-refractivity contribution < 1.29 is 42.8 Å². The molecule has 1 aromatic heterocycles. The first-order chi connectivity index (χ1) is 11.5. The minimum atomic E-state index is -10.4. The van der Waals surface area contributed by atoms with E-state index >= 15 is 0 Å². The number of aliphatic hydroxyl groups excluding tert-OH is 1. The molecule has 2 rings (SSSR count). The van der Waals surface area contributed by atoms with E-state index in [4.69, 9.17) is 10.2 Å². The van der Waals surface area contributed by atoms with E-state index in [1.165, 1.54) is 0 Å². The number of hydrogen-bond acceptors (Lipinski definition) is 4. The first-order valence-corrected chi connectivity index (χ1v) is 8.63. The van der Waals surface area contributed by atoms with Crippen molar-refractivity contribution in [3.63, 3.8) is 0 Å². The molecule has 0 aliphatic rings. The molecule has 0 saturated heterocycles. The van der Waals surface area contributed by atoms with Crippen molar-refractivity contribution in [1.29, 1.82) is 0 Å². The molecule has 1 heterocycles. The van der Waals surface area contributed by atoms with Gasteiger partial charge in [0.05, 0.1) is 5.56 Å². The predicted octanol–water partition coefficient (Wildman–Crippen LogP) is 4.32. The Balaban J connectivity index is 2.56. The molecular formula is C12H11F8N3O2S. The van der Waals surface area contributed by atoms with E-state index in [9.17, 15) is 32.6 Å². The molecule has 0 unspecified atom stereocenters. The maximum atomic E-state index is 13.0. The molecule has 0 aliphatic carbocycles. The highest BCUT2D eigenvalue weighted by Gasteiger charge is 2.66. The Morgan fingerprint density at radius 3 is 2.15 bits per heavy atom. The number of hydrogen-bond donors (Lipinski definition) is 2. The highest BCUT2D eigenvalue weighted by atomic mass is 32.5. The number of rotatable bonds is 5. The minimum absolute atomic E-state index is 0.155. The van der Waals surface area contributed by atoms with Crippen LogP contribution in [-0.2, 0) is 12.7 Å². The van der Waals surface area contributed by atoms with Crippen LogP contribution in [0.15, 0.2) is 29.4 Å². The second-order valence-electron chi connectivity index (χ2n) is 5.31. The molecule has 0 fully saturated rings. The van der Waals surface area contributed by atoms with Gasteiger partial charge in [-0.2, -0.15) is 18.3 Å². The summed E-state index contributed by atoms with van der Waals surface area (Å²) in [6.45, 7) is -0.169. The molecule has 14 heteroatoms. The third kappa shape index (κ3) is 5.04. The topological polar surface area (TPSA) is 71.2 Å². The molecule has 0 saturated carbocycles. The normalized spacial score (nSPS) is 15.8. The average molecular weight is 413 g/mol. The molecular weight excluding hydrogens is 402 g/mol. The van der Waals surface area contributed by atoms with Crippen molar-refractivity contribution in [2.24, 2.45) is 0 Å². The van der Waals surface area contributed by atoms with Gasteiger partial charge in [-0.3, -0.25) is 4.68 Å². The zero-order valence-electron chi connectivity index (χ0n) is 12.5. The number of aryl methyl sites for hydroxylation is 1. The van der Waals surface area contributed by atoms with Crippen LogP contribution in [0.5, 0.6) is 0 Å². The Hall–Kier alpha value is -1.93. The molecule has 0 atom stereocenters. The van der Waals surface area contributed by atoms with Crippen molar-refractivity contribution in [2.45, 2.75) is 30.3 Å². The van der Waals surface area contributed by atoms with Crippen LogP contribution >= 0.6 is 10.2 Å². The zero-order chi connectivity index (χ0) is 20.0. The molecule has 2 aromatic rings. The molecule has 0 radical (unpaired) electrons. The third-order valence-corrected chi connectivity index (χ3v) is 4.22. The van der Waals surface area contributed by atoms with E-state index in [0.717, 1.165) is 11.0 Å². The van der Waals surface area contributed by atoms with Crippen LogP contribution in [0.4, 0.5) is 32.6 Å². The maximum absolute atomic E-state index is 13.0. The van der Waals surface area contributed by atoms with Crippen LogP contribution in [0, 0.1) is 0 Å². The van der Waals surface area contributed by atoms with Gasteiger partial charge in [0.15, 0.2) is 12.1 Å². The summed E-state index contributed by atoms with van der Waals surface area (Å²) in [5.41, 5.74) is -2.84. The van der Waals surface area contributed by atoms with Gasteiger partial charge in [-0.05, 0) is 18.2 Å². The molecule has 0 spiro atoms. The van der Waals surface area contributed by atoms with Crippen LogP contribution in [0.2, 0.25) is 0 Å². The summed E-state index contributed by atoms with van der Waals surface area (Å²) >= 11 is 0. The molecule has 2 N–H and O–H groups in total. The first-order valence-electron chi connectivity index (χ1n) is 6.68. The zero-order valence-corrected chi connectivity index (χ0v) is 13.3. The van der Waals surface area contributed by atoms with Crippen LogP contribution in [0.3, 0.4) is 0 Å². The van der Waals surface area contributed by atoms with Gasteiger partial charge < -0.3 is 10.2 Å². The predicted molar refractivity (Wildman–Crippen MR) is 74.7 cm³/mol. The van der Waals surface area contributed by atoms with Crippen molar-refractivity contribution in [3.8, 4) is 11.4 Å². The first kappa shape index (κ1) is 20.4. The van der Waals surface area contributed by atoms with Gasteiger partial charge >= 0.3 is 16.4 Å². The minimum Gasteiger partial charge on any atom is -0.368 e. The quantitative estimate of drug-likeness (QED) is 0.566. The number of aromatic nitrogens is 3. The molecule has 148 valence electrons.